The smallest absolute Gasteiger partial charge is 0.318 e. The Morgan fingerprint density at radius 1 is 1.23 bits per heavy atom. The lowest BCUT2D eigenvalue weighted by Gasteiger charge is -2.19. The minimum atomic E-state index is -3.62. The first-order valence-electron chi connectivity index (χ1n) is 9.93. The summed E-state index contributed by atoms with van der Waals surface area (Å²) < 4.78 is 29.1. The lowest BCUT2D eigenvalue weighted by Crippen LogP contribution is -2.36. The molecule has 1 unspecified atom stereocenters. The molecule has 0 aliphatic carbocycles. The van der Waals surface area contributed by atoms with Gasteiger partial charge in [-0.1, -0.05) is 44.7 Å². The molecule has 31 heavy (non-hydrogen) atoms. The van der Waals surface area contributed by atoms with Gasteiger partial charge in [0.15, 0.2) is 11.0 Å². The summed E-state index contributed by atoms with van der Waals surface area (Å²) in [7, 11) is -3.62. The van der Waals surface area contributed by atoms with Gasteiger partial charge in [-0.2, -0.15) is 4.31 Å². The number of carbonyl (C=O) groups is 2. The molecule has 0 fully saturated rings. The number of benzene rings is 1. The van der Waals surface area contributed by atoms with Gasteiger partial charge in [0.05, 0.1) is 10.6 Å². The van der Waals surface area contributed by atoms with Gasteiger partial charge in [0, 0.05) is 24.7 Å². The van der Waals surface area contributed by atoms with E-state index in [1.54, 1.807) is 38.1 Å². The number of amides is 3. The average molecular weight is 469 g/mol. The second kappa shape index (κ2) is 10.7. The highest BCUT2D eigenvalue weighted by molar-refractivity contribution is 7.99. The SMILES string of the molecule is CCC(C)n1c(SCC(=O)NC(N)=O)nnc1-c1cccc(S(=O)(=O)N(CC)CC)c1. The molecule has 1 heterocycles. The second-order valence-electron chi connectivity index (χ2n) is 6.75. The molecule has 0 saturated heterocycles. The molecule has 3 N–H and O–H groups in total. The predicted octanol–water partition coefficient (Wildman–Crippen LogP) is 2.23. The maximum Gasteiger partial charge on any atom is 0.318 e. The maximum atomic E-state index is 12.9. The van der Waals surface area contributed by atoms with E-state index in [4.69, 9.17) is 5.73 Å². The number of nitrogens with zero attached hydrogens (tertiary/aromatic N) is 4. The highest BCUT2D eigenvalue weighted by atomic mass is 32.2. The van der Waals surface area contributed by atoms with Crippen LogP contribution in [0.1, 0.15) is 40.2 Å². The standard InChI is InChI=1S/C19H28N6O4S2/c1-5-13(4)25-17(22-23-19(25)30-12-16(26)21-18(20)27)14-9-8-10-15(11-14)31(28,29)24(6-2)7-3/h8-11,13H,5-7,12H2,1-4H3,(H3,20,21,26,27). The predicted molar refractivity (Wildman–Crippen MR) is 119 cm³/mol. The molecule has 170 valence electrons. The van der Waals surface area contributed by atoms with Gasteiger partial charge in [-0.05, 0) is 25.5 Å². The van der Waals surface area contributed by atoms with E-state index >= 15 is 0 Å². The number of hydrogen-bond acceptors (Lipinski definition) is 7. The van der Waals surface area contributed by atoms with Gasteiger partial charge in [0.25, 0.3) is 0 Å². The van der Waals surface area contributed by atoms with Gasteiger partial charge in [-0.3, -0.25) is 14.7 Å². The van der Waals surface area contributed by atoms with Crippen LogP contribution in [0.4, 0.5) is 4.79 Å². The molecule has 12 heteroatoms. The summed E-state index contributed by atoms with van der Waals surface area (Å²) in [4.78, 5) is 22.8. The van der Waals surface area contributed by atoms with Gasteiger partial charge in [-0.25, -0.2) is 13.2 Å². The Morgan fingerprint density at radius 2 is 1.90 bits per heavy atom. The van der Waals surface area contributed by atoms with Gasteiger partial charge in [0.2, 0.25) is 15.9 Å². The molecule has 0 bridgehead atoms. The van der Waals surface area contributed by atoms with Crippen LogP contribution in [0.15, 0.2) is 34.3 Å². The van der Waals surface area contributed by atoms with E-state index in [0.717, 1.165) is 18.2 Å². The van der Waals surface area contributed by atoms with E-state index in [1.807, 2.05) is 23.7 Å². The van der Waals surface area contributed by atoms with Crippen molar-refractivity contribution >= 4 is 33.7 Å². The van der Waals surface area contributed by atoms with Crippen LogP contribution >= 0.6 is 11.8 Å². The lowest BCUT2D eigenvalue weighted by molar-refractivity contribution is -0.117. The molecule has 2 aromatic rings. The zero-order valence-electron chi connectivity index (χ0n) is 18.0. The number of nitrogens with one attached hydrogen (secondary N) is 1. The van der Waals surface area contributed by atoms with Crippen molar-refractivity contribution in [3.63, 3.8) is 0 Å². The molecule has 0 spiro atoms. The molecule has 0 aliphatic rings. The molecule has 3 amide bonds. The van der Waals surface area contributed by atoms with E-state index in [2.05, 4.69) is 10.2 Å². The van der Waals surface area contributed by atoms with Crippen molar-refractivity contribution in [2.45, 2.75) is 50.2 Å². The first-order valence-corrected chi connectivity index (χ1v) is 12.4. The van der Waals surface area contributed by atoms with Crippen LogP contribution in [0.3, 0.4) is 0 Å². The zero-order chi connectivity index (χ0) is 23.2. The fourth-order valence-corrected chi connectivity index (χ4v) is 5.30. The number of imide groups is 1. The van der Waals surface area contributed by atoms with E-state index in [0.29, 0.717) is 29.6 Å². The molecular weight excluding hydrogens is 440 g/mol. The minimum absolute atomic E-state index is 0.00486. The lowest BCUT2D eigenvalue weighted by atomic mass is 10.2. The largest absolute Gasteiger partial charge is 0.351 e. The van der Waals surface area contributed by atoms with Crippen LogP contribution < -0.4 is 11.1 Å². The Morgan fingerprint density at radius 3 is 2.48 bits per heavy atom. The molecule has 0 saturated carbocycles. The highest BCUT2D eigenvalue weighted by Crippen LogP contribution is 2.30. The van der Waals surface area contributed by atoms with Crippen LogP contribution in [0.2, 0.25) is 0 Å². The first-order chi connectivity index (χ1) is 14.6. The van der Waals surface area contributed by atoms with Crippen molar-refractivity contribution in [2.24, 2.45) is 5.73 Å². The van der Waals surface area contributed by atoms with Crippen LogP contribution in [0.5, 0.6) is 0 Å². The van der Waals surface area contributed by atoms with Crippen molar-refractivity contribution in [1.82, 2.24) is 24.4 Å². The number of primary amides is 1. The molecule has 1 aromatic carbocycles. The van der Waals surface area contributed by atoms with Crippen molar-refractivity contribution in [3.8, 4) is 11.4 Å². The Labute approximate surface area is 186 Å². The van der Waals surface area contributed by atoms with Gasteiger partial charge >= 0.3 is 6.03 Å². The third-order valence-electron chi connectivity index (χ3n) is 4.73. The fourth-order valence-electron chi connectivity index (χ4n) is 2.96. The normalized spacial score (nSPS) is 12.7. The van der Waals surface area contributed by atoms with Crippen LogP contribution in [0, 0.1) is 0 Å². The van der Waals surface area contributed by atoms with E-state index < -0.39 is 22.0 Å². The van der Waals surface area contributed by atoms with Crippen molar-refractivity contribution in [2.75, 3.05) is 18.8 Å². The Hall–Kier alpha value is -2.44. The summed E-state index contributed by atoms with van der Waals surface area (Å²) in [6.07, 6.45) is 0.767. The summed E-state index contributed by atoms with van der Waals surface area (Å²) in [6, 6.07) is 5.68. The third-order valence-corrected chi connectivity index (χ3v) is 7.72. The summed E-state index contributed by atoms with van der Waals surface area (Å²) in [5, 5.41) is 11.0. The summed E-state index contributed by atoms with van der Waals surface area (Å²) in [6.45, 7) is 8.33. The Balaban J connectivity index is 2.44. The molecule has 0 radical (unpaired) electrons. The molecule has 2 rings (SSSR count). The average Bonchev–Trinajstić information content (AvgIpc) is 3.16. The third kappa shape index (κ3) is 5.83. The number of rotatable bonds is 10. The van der Waals surface area contributed by atoms with Gasteiger partial charge < -0.3 is 5.73 Å². The van der Waals surface area contributed by atoms with Gasteiger partial charge in [-0.15, -0.1) is 10.2 Å². The molecule has 1 aromatic heterocycles. The number of carbonyl (C=O) groups excluding carboxylic acids is 2. The first kappa shape index (κ1) is 24.8. The molecule has 0 aliphatic heterocycles. The second-order valence-corrected chi connectivity index (χ2v) is 9.63. The number of aromatic nitrogens is 3. The molecule has 10 nitrogen and oxygen atoms in total. The van der Waals surface area contributed by atoms with E-state index in [1.165, 1.54) is 4.31 Å². The number of hydrogen-bond donors (Lipinski definition) is 2. The quantitative estimate of drug-likeness (QED) is 0.509. The summed E-state index contributed by atoms with van der Waals surface area (Å²) in [5.41, 5.74) is 5.57. The molecular formula is C19H28N6O4S2. The van der Waals surface area contributed by atoms with E-state index in [9.17, 15) is 18.0 Å². The topological polar surface area (TPSA) is 140 Å². The van der Waals surface area contributed by atoms with E-state index in [-0.39, 0.29) is 16.7 Å². The Bertz CT molecular complexity index is 1030. The molecule has 1 atom stereocenters. The number of urea groups is 1. The van der Waals surface area contributed by atoms with Crippen molar-refractivity contribution in [3.05, 3.63) is 24.3 Å². The number of sulfonamides is 1. The maximum absolute atomic E-state index is 12.9. The van der Waals surface area contributed by atoms with Crippen LogP contribution in [-0.4, -0.2) is 58.3 Å². The number of thioether (sulfide) groups is 1. The summed E-state index contributed by atoms with van der Waals surface area (Å²) >= 11 is 1.12. The number of nitrogens with two attached hydrogens (primary N) is 1. The zero-order valence-corrected chi connectivity index (χ0v) is 19.7. The van der Waals surface area contributed by atoms with Gasteiger partial charge in [0.1, 0.15) is 0 Å². The Kier molecular flexibility index (Phi) is 8.60. The van der Waals surface area contributed by atoms with Crippen LogP contribution in [-0.2, 0) is 14.8 Å². The van der Waals surface area contributed by atoms with Crippen molar-refractivity contribution in [1.29, 1.82) is 0 Å². The highest BCUT2D eigenvalue weighted by Gasteiger charge is 2.24. The van der Waals surface area contributed by atoms with Crippen molar-refractivity contribution < 1.29 is 18.0 Å². The van der Waals surface area contributed by atoms with Crippen LogP contribution in [0.25, 0.3) is 11.4 Å². The fraction of sp³-hybridized carbons (Fsp3) is 0.474. The monoisotopic (exact) mass is 468 g/mol. The summed E-state index contributed by atoms with van der Waals surface area (Å²) in [5.74, 6) is -0.0951. The minimum Gasteiger partial charge on any atom is -0.351 e.